The van der Waals surface area contributed by atoms with Crippen molar-refractivity contribution >= 4 is 33.4 Å². The van der Waals surface area contributed by atoms with Crippen LogP contribution < -0.4 is 9.47 Å². The number of Topliss-reactive ketones (excluding diaryl/α,β-unsaturated/α-hetero) is 1. The number of ether oxygens (including phenoxy) is 3. The minimum absolute atomic E-state index is 0.00136. The van der Waals surface area contributed by atoms with E-state index in [1.165, 1.54) is 12.0 Å². The van der Waals surface area contributed by atoms with E-state index in [-0.39, 0.29) is 35.5 Å². The minimum atomic E-state index is -0.865. The van der Waals surface area contributed by atoms with E-state index < -0.39 is 17.7 Å². The number of aromatic hydroxyl groups is 1. The van der Waals surface area contributed by atoms with Crippen LogP contribution in [0.1, 0.15) is 29.7 Å². The quantitative estimate of drug-likeness (QED) is 0.308. The molecule has 2 unspecified atom stereocenters. The summed E-state index contributed by atoms with van der Waals surface area (Å²) in [7, 11) is 1.42. The Morgan fingerprint density at radius 1 is 1.16 bits per heavy atom. The topological polar surface area (TPSA) is 109 Å². The van der Waals surface area contributed by atoms with Gasteiger partial charge >= 0.3 is 0 Å². The molecule has 2 fully saturated rings. The molecule has 196 valence electrons. The number of aliphatic hydroxyl groups is 1. The van der Waals surface area contributed by atoms with Crippen LogP contribution in [0.2, 0.25) is 0 Å². The third kappa shape index (κ3) is 4.81. The lowest BCUT2D eigenvalue weighted by Gasteiger charge is -2.31. The molecule has 5 rings (SSSR count). The van der Waals surface area contributed by atoms with Crippen LogP contribution in [0.5, 0.6) is 17.2 Å². The number of carbonyl (C=O) groups is 2. The number of ketones is 1. The molecular formula is C27H29BrN2O7. The number of likely N-dealkylation sites (tertiary alicyclic amines) is 1. The normalized spacial score (nSPS) is 23.3. The molecule has 3 heterocycles. The molecule has 10 heteroatoms. The minimum Gasteiger partial charge on any atom is -0.507 e. The van der Waals surface area contributed by atoms with Crippen molar-refractivity contribution in [3.63, 3.8) is 0 Å². The summed E-state index contributed by atoms with van der Waals surface area (Å²) in [5.41, 5.74) is 1.90. The molecule has 0 spiro atoms. The number of aliphatic hydroxyl groups excluding tert-OH is 1. The molecule has 2 N–H and O–H groups in total. The summed E-state index contributed by atoms with van der Waals surface area (Å²) < 4.78 is 16.9. The molecule has 3 aliphatic heterocycles. The van der Waals surface area contributed by atoms with Gasteiger partial charge in [-0.15, -0.1) is 0 Å². The van der Waals surface area contributed by atoms with E-state index in [1.54, 1.807) is 30.3 Å². The van der Waals surface area contributed by atoms with Crippen LogP contribution >= 0.6 is 15.9 Å². The second-order valence-corrected chi connectivity index (χ2v) is 10.3. The van der Waals surface area contributed by atoms with E-state index in [4.69, 9.17) is 14.2 Å². The molecule has 1 amide bonds. The van der Waals surface area contributed by atoms with Gasteiger partial charge in [-0.1, -0.05) is 0 Å². The summed E-state index contributed by atoms with van der Waals surface area (Å²) in [4.78, 5) is 30.4. The molecule has 2 aromatic carbocycles. The number of benzene rings is 2. The Bertz CT molecular complexity index is 1270. The van der Waals surface area contributed by atoms with Crippen LogP contribution in [0.15, 0.2) is 40.4 Å². The smallest absolute Gasteiger partial charge is 0.295 e. The third-order valence-electron chi connectivity index (χ3n) is 7.06. The van der Waals surface area contributed by atoms with Gasteiger partial charge in [0.2, 0.25) is 0 Å². The number of fused-ring (bicyclic) bond motifs is 1. The Kier molecular flexibility index (Phi) is 7.15. The lowest BCUT2D eigenvalue weighted by atomic mass is 9.94. The molecule has 2 saturated heterocycles. The summed E-state index contributed by atoms with van der Waals surface area (Å²) >= 11 is 3.34. The molecule has 0 saturated carbocycles. The first-order valence-corrected chi connectivity index (χ1v) is 13.0. The van der Waals surface area contributed by atoms with Crippen molar-refractivity contribution in [2.75, 3.05) is 46.5 Å². The van der Waals surface area contributed by atoms with Crippen LogP contribution in [0.4, 0.5) is 0 Å². The molecular weight excluding hydrogens is 544 g/mol. The van der Waals surface area contributed by atoms with Crippen molar-refractivity contribution in [2.24, 2.45) is 0 Å². The van der Waals surface area contributed by atoms with E-state index in [0.717, 1.165) is 24.4 Å². The highest BCUT2D eigenvalue weighted by molar-refractivity contribution is 9.10. The molecule has 0 bridgehead atoms. The SMILES string of the molecule is COc1cc(C2/C(=C(/O)c3ccc4c(c3)CC(C)O4)C(=O)C(=O)N2CCN2CCOCC2)cc(Br)c1O. The lowest BCUT2D eigenvalue weighted by Crippen LogP contribution is -2.42. The molecule has 9 nitrogen and oxygen atoms in total. The van der Waals surface area contributed by atoms with E-state index in [1.807, 2.05) is 6.92 Å². The first-order valence-electron chi connectivity index (χ1n) is 12.2. The maximum Gasteiger partial charge on any atom is 0.295 e. The molecule has 3 aliphatic rings. The van der Waals surface area contributed by atoms with Gasteiger partial charge in [0, 0.05) is 38.2 Å². The summed E-state index contributed by atoms with van der Waals surface area (Å²) in [6, 6.07) is 7.64. The number of methoxy groups -OCH3 is 1. The Balaban J connectivity index is 1.59. The van der Waals surface area contributed by atoms with Crippen molar-refractivity contribution in [1.82, 2.24) is 9.80 Å². The fourth-order valence-electron chi connectivity index (χ4n) is 5.16. The predicted octanol–water partition coefficient (Wildman–Crippen LogP) is 3.24. The number of amides is 1. The van der Waals surface area contributed by atoms with Crippen LogP contribution in [0, 0.1) is 0 Å². The maximum absolute atomic E-state index is 13.4. The Hall–Kier alpha value is -3.08. The Morgan fingerprint density at radius 3 is 2.65 bits per heavy atom. The van der Waals surface area contributed by atoms with Crippen LogP contribution in [-0.2, 0) is 20.7 Å². The zero-order valence-electron chi connectivity index (χ0n) is 20.7. The van der Waals surface area contributed by atoms with Gasteiger partial charge in [-0.3, -0.25) is 14.5 Å². The highest BCUT2D eigenvalue weighted by Gasteiger charge is 2.46. The standard InChI is InChI=1S/C27H29BrN2O7/c1-15-11-17-12-16(3-4-20(17)37-15)24(31)22-23(18-13-19(28)25(32)21(14-18)35-2)30(27(34)26(22)33)6-5-29-7-9-36-10-8-29/h3-4,12-15,23,31-32H,5-11H2,1-2H3/b24-22-. The molecule has 0 aliphatic carbocycles. The Morgan fingerprint density at radius 2 is 1.92 bits per heavy atom. The largest absolute Gasteiger partial charge is 0.507 e. The zero-order chi connectivity index (χ0) is 26.3. The Labute approximate surface area is 223 Å². The van der Waals surface area contributed by atoms with Gasteiger partial charge in [0.1, 0.15) is 17.6 Å². The van der Waals surface area contributed by atoms with Crippen LogP contribution in [-0.4, -0.2) is 84.3 Å². The monoisotopic (exact) mass is 572 g/mol. The summed E-state index contributed by atoms with van der Waals surface area (Å²) in [5, 5.41) is 21.8. The molecule has 37 heavy (non-hydrogen) atoms. The summed E-state index contributed by atoms with van der Waals surface area (Å²) in [6.07, 6.45) is 0.718. The molecule has 2 atom stereocenters. The number of hydrogen-bond acceptors (Lipinski definition) is 8. The van der Waals surface area contributed by atoms with E-state index in [9.17, 15) is 19.8 Å². The van der Waals surface area contributed by atoms with Gasteiger partial charge in [-0.25, -0.2) is 0 Å². The summed E-state index contributed by atoms with van der Waals surface area (Å²) in [6.45, 7) is 5.51. The van der Waals surface area contributed by atoms with Gasteiger partial charge in [-0.05, 0) is 64.3 Å². The molecule has 0 radical (unpaired) electrons. The number of phenols is 1. The van der Waals surface area contributed by atoms with E-state index in [2.05, 4.69) is 20.8 Å². The van der Waals surface area contributed by atoms with Crippen molar-refractivity contribution in [3.05, 3.63) is 57.1 Å². The number of carbonyl (C=O) groups excluding carboxylic acids is 2. The molecule has 2 aromatic rings. The lowest BCUT2D eigenvalue weighted by molar-refractivity contribution is -0.140. The first kappa shape index (κ1) is 25.6. The van der Waals surface area contributed by atoms with E-state index in [0.29, 0.717) is 41.8 Å². The number of phenolic OH excluding ortho intramolecular Hbond substituents is 1. The maximum atomic E-state index is 13.4. The second-order valence-electron chi connectivity index (χ2n) is 9.46. The predicted molar refractivity (Wildman–Crippen MR) is 139 cm³/mol. The van der Waals surface area contributed by atoms with Crippen molar-refractivity contribution < 1.29 is 34.0 Å². The average molecular weight is 573 g/mol. The van der Waals surface area contributed by atoms with Crippen molar-refractivity contribution in [3.8, 4) is 17.2 Å². The van der Waals surface area contributed by atoms with Gasteiger partial charge in [0.25, 0.3) is 11.7 Å². The van der Waals surface area contributed by atoms with Crippen molar-refractivity contribution in [1.29, 1.82) is 0 Å². The highest BCUT2D eigenvalue weighted by Crippen LogP contribution is 2.44. The average Bonchev–Trinajstić information content (AvgIpc) is 3.39. The van der Waals surface area contributed by atoms with Gasteiger partial charge in [-0.2, -0.15) is 0 Å². The summed E-state index contributed by atoms with van der Waals surface area (Å²) in [5.74, 6) is -0.837. The number of morpholine rings is 1. The number of nitrogens with zero attached hydrogens (tertiary/aromatic N) is 2. The third-order valence-corrected chi connectivity index (χ3v) is 7.66. The van der Waals surface area contributed by atoms with Crippen molar-refractivity contribution in [2.45, 2.75) is 25.5 Å². The molecule has 0 aromatic heterocycles. The fourth-order valence-corrected chi connectivity index (χ4v) is 5.62. The number of rotatable bonds is 6. The zero-order valence-corrected chi connectivity index (χ0v) is 22.3. The van der Waals surface area contributed by atoms with Gasteiger partial charge < -0.3 is 29.3 Å². The second kappa shape index (κ2) is 10.4. The first-order chi connectivity index (χ1) is 17.8. The fraction of sp³-hybridized carbons (Fsp3) is 0.407. The highest BCUT2D eigenvalue weighted by atomic mass is 79.9. The number of halogens is 1. The van der Waals surface area contributed by atoms with Gasteiger partial charge in [0.15, 0.2) is 11.5 Å². The van der Waals surface area contributed by atoms with E-state index >= 15 is 0 Å². The number of hydrogen-bond donors (Lipinski definition) is 2. The van der Waals surface area contributed by atoms with Crippen LogP contribution in [0.25, 0.3) is 5.76 Å². The van der Waals surface area contributed by atoms with Gasteiger partial charge in [0.05, 0.1) is 36.4 Å². The van der Waals surface area contributed by atoms with Crippen LogP contribution in [0.3, 0.4) is 0 Å².